The fraction of sp³-hybridized carbons (Fsp3) is 0.444. The van der Waals surface area contributed by atoms with E-state index in [1.54, 1.807) is 29.9 Å². The van der Waals surface area contributed by atoms with Gasteiger partial charge in [0.15, 0.2) is 0 Å². The summed E-state index contributed by atoms with van der Waals surface area (Å²) in [6, 6.07) is 3.45. The van der Waals surface area contributed by atoms with Crippen molar-refractivity contribution in [1.29, 1.82) is 0 Å². The lowest BCUT2D eigenvalue weighted by Crippen LogP contribution is -2.28. The number of nitrogens with two attached hydrogens (primary N) is 1. The minimum atomic E-state index is -3.44. The molecule has 3 N–H and O–H groups in total. The molecule has 7 heteroatoms. The van der Waals surface area contributed by atoms with E-state index in [1.165, 1.54) is 0 Å². The van der Waals surface area contributed by atoms with E-state index < -0.39 is 10.0 Å². The van der Waals surface area contributed by atoms with Crippen molar-refractivity contribution in [3.8, 4) is 0 Å². The molecule has 1 rings (SSSR count). The van der Waals surface area contributed by atoms with Crippen LogP contribution in [0, 0.1) is 0 Å². The summed E-state index contributed by atoms with van der Waals surface area (Å²) < 4.78 is 22.9. The van der Waals surface area contributed by atoms with E-state index in [9.17, 15) is 13.2 Å². The summed E-state index contributed by atoms with van der Waals surface area (Å²) in [5.41, 5.74) is 0.538. The third kappa shape index (κ3) is 4.03. The maximum absolute atomic E-state index is 11.5. The largest absolute Gasteiger partial charge is 0.351 e. The third-order valence-corrected chi connectivity index (χ3v) is 2.93. The Morgan fingerprint density at radius 3 is 2.75 bits per heavy atom. The van der Waals surface area contributed by atoms with Crippen LogP contribution in [0.4, 0.5) is 0 Å². The molecular formula is C9H15N3O3S. The van der Waals surface area contributed by atoms with Crippen molar-refractivity contribution in [2.75, 3.05) is 12.3 Å². The van der Waals surface area contributed by atoms with Crippen molar-refractivity contribution in [3.63, 3.8) is 0 Å². The van der Waals surface area contributed by atoms with Gasteiger partial charge in [-0.15, -0.1) is 0 Å². The molecule has 16 heavy (non-hydrogen) atoms. The van der Waals surface area contributed by atoms with Crippen LogP contribution in [0.5, 0.6) is 0 Å². The number of rotatable bonds is 5. The van der Waals surface area contributed by atoms with E-state index in [0.29, 0.717) is 18.7 Å². The first-order valence-corrected chi connectivity index (χ1v) is 6.52. The molecule has 1 aromatic heterocycles. The lowest BCUT2D eigenvalue weighted by atomic mass is 10.4. The number of sulfonamides is 1. The zero-order chi connectivity index (χ0) is 12.2. The molecule has 0 aromatic carbocycles. The summed E-state index contributed by atoms with van der Waals surface area (Å²) in [5, 5.41) is 7.45. The number of amides is 1. The zero-order valence-corrected chi connectivity index (χ0v) is 9.83. The molecule has 0 bridgehead atoms. The van der Waals surface area contributed by atoms with Gasteiger partial charge in [0.2, 0.25) is 10.0 Å². The molecule has 0 fully saturated rings. The average molecular weight is 245 g/mol. The van der Waals surface area contributed by atoms with Gasteiger partial charge in [0.25, 0.3) is 5.91 Å². The highest BCUT2D eigenvalue weighted by molar-refractivity contribution is 7.89. The molecule has 0 aliphatic rings. The Bertz CT molecular complexity index is 464. The number of hydrogen-bond donors (Lipinski definition) is 2. The van der Waals surface area contributed by atoms with Crippen LogP contribution >= 0.6 is 0 Å². The summed E-state index contributed by atoms with van der Waals surface area (Å²) in [6.07, 6.45) is 2.08. The maximum Gasteiger partial charge on any atom is 0.267 e. The number of primary sulfonamides is 1. The summed E-state index contributed by atoms with van der Waals surface area (Å²) in [5.74, 6) is -0.345. The average Bonchev–Trinajstić information content (AvgIpc) is 2.57. The standard InChI is InChI=1S/C9H15N3O3S/c1-12-6-2-4-8(12)9(13)11-5-3-7-16(10,14)15/h2,4,6H,3,5,7H2,1H3,(H,11,13)(H2,10,14,15). The van der Waals surface area contributed by atoms with Gasteiger partial charge < -0.3 is 9.88 Å². The van der Waals surface area contributed by atoms with E-state index in [2.05, 4.69) is 5.32 Å². The smallest absolute Gasteiger partial charge is 0.267 e. The van der Waals surface area contributed by atoms with Crippen molar-refractivity contribution in [3.05, 3.63) is 24.0 Å². The van der Waals surface area contributed by atoms with E-state index in [-0.39, 0.29) is 11.7 Å². The van der Waals surface area contributed by atoms with Crippen molar-refractivity contribution in [2.24, 2.45) is 12.2 Å². The van der Waals surface area contributed by atoms with Gasteiger partial charge in [-0.3, -0.25) is 4.79 Å². The Balaban J connectivity index is 2.35. The molecule has 0 aliphatic carbocycles. The van der Waals surface area contributed by atoms with Gasteiger partial charge in [0, 0.05) is 19.8 Å². The Morgan fingerprint density at radius 2 is 2.25 bits per heavy atom. The normalized spacial score (nSPS) is 11.4. The summed E-state index contributed by atoms with van der Waals surface area (Å²) in [7, 11) is -1.68. The highest BCUT2D eigenvalue weighted by Crippen LogP contribution is 1.98. The molecule has 0 saturated heterocycles. The van der Waals surface area contributed by atoms with Gasteiger partial charge >= 0.3 is 0 Å². The first-order chi connectivity index (χ1) is 7.40. The van der Waals surface area contributed by atoms with E-state index >= 15 is 0 Å². The van der Waals surface area contributed by atoms with Crippen LogP contribution in [-0.4, -0.2) is 31.2 Å². The molecule has 0 unspecified atom stereocenters. The van der Waals surface area contributed by atoms with Crippen LogP contribution in [-0.2, 0) is 17.1 Å². The molecule has 0 atom stereocenters. The van der Waals surface area contributed by atoms with E-state index in [0.717, 1.165) is 0 Å². The zero-order valence-electron chi connectivity index (χ0n) is 9.01. The van der Waals surface area contributed by atoms with Gasteiger partial charge in [-0.1, -0.05) is 0 Å². The second-order valence-corrected chi connectivity index (χ2v) is 5.21. The molecule has 0 saturated carbocycles. The number of nitrogens with zero attached hydrogens (tertiary/aromatic N) is 1. The van der Waals surface area contributed by atoms with Gasteiger partial charge in [-0.05, 0) is 18.6 Å². The SMILES string of the molecule is Cn1cccc1C(=O)NCCCS(N)(=O)=O. The number of nitrogens with one attached hydrogen (secondary N) is 1. The number of hydrogen-bond acceptors (Lipinski definition) is 3. The van der Waals surface area contributed by atoms with Crippen LogP contribution in [0.15, 0.2) is 18.3 Å². The number of carbonyl (C=O) groups excluding carboxylic acids is 1. The fourth-order valence-electron chi connectivity index (χ4n) is 1.26. The van der Waals surface area contributed by atoms with Crippen LogP contribution in [0.25, 0.3) is 0 Å². The Morgan fingerprint density at radius 1 is 1.56 bits per heavy atom. The predicted octanol–water partition coefficient (Wildman–Crippen LogP) is -0.566. The topological polar surface area (TPSA) is 94.2 Å². The van der Waals surface area contributed by atoms with E-state index in [4.69, 9.17) is 5.14 Å². The van der Waals surface area contributed by atoms with Gasteiger partial charge in [0.1, 0.15) is 5.69 Å². The molecule has 6 nitrogen and oxygen atoms in total. The predicted molar refractivity (Wildman–Crippen MR) is 60.3 cm³/mol. The minimum absolute atomic E-state index is 0.125. The molecule has 0 radical (unpaired) electrons. The fourth-order valence-corrected chi connectivity index (χ4v) is 1.81. The van der Waals surface area contributed by atoms with Crippen molar-refractivity contribution >= 4 is 15.9 Å². The van der Waals surface area contributed by atoms with Crippen LogP contribution in [0.3, 0.4) is 0 Å². The van der Waals surface area contributed by atoms with Crippen LogP contribution < -0.4 is 10.5 Å². The lowest BCUT2D eigenvalue weighted by Gasteiger charge is -2.05. The van der Waals surface area contributed by atoms with Crippen molar-refractivity contribution in [1.82, 2.24) is 9.88 Å². The summed E-state index contributed by atoms with van der Waals surface area (Å²) in [6.45, 7) is 0.292. The lowest BCUT2D eigenvalue weighted by molar-refractivity contribution is 0.0945. The third-order valence-electron chi connectivity index (χ3n) is 2.07. The number of carbonyl (C=O) groups is 1. The molecule has 1 amide bonds. The quantitative estimate of drug-likeness (QED) is 0.680. The van der Waals surface area contributed by atoms with Gasteiger partial charge in [-0.2, -0.15) is 0 Å². The van der Waals surface area contributed by atoms with E-state index in [1.807, 2.05) is 0 Å². The monoisotopic (exact) mass is 245 g/mol. The maximum atomic E-state index is 11.5. The van der Waals surface area contributed by atoms with Crippen LogP contribution in [0.1, 0.15) is 16.9 Å². The van der Waals surface area contributed by atoms with Gasteiger partial charge in [-0.25, -0.2) is 13.6 Å². The Labute approximate surface area is 94.5 Å². The number of aromatic nitrogens is 1. The molecular weight excluding hydrogens is 230 g/mol. The Kier molecular flexibility index (Phi) is 4.08. The van der Waals surface area contributed by atoms with Crippen LogP contribution in [0.2, 0.25) is 0 Å². The molecule has 1 heterocycles. The highest BCUT2D eigenvalue weighted by atomic mass is 32.2. The Hall–Kier alpha value is -1.34. The second-order valence-electron chi connectivity index (χ2n) is 3.48. The molecule has 1 aromatic rings. The molecule has 0 aliphatic heterocycles. The molecule has 90 valence electrons. The first kappa shape index (κ1) is 12.7. The first-order valence-electron chi connectivity index (χ1n) is 4.80. The minimum Gasteiger partial charge on any atom is -0.351 e. The summed E-state index contributed by atoms with van der Waals surface area (Å²) in [4.78, 5) is 11.5. The number of aryl methyl sites for hydroxylation is 1. The highest BCUT2D eigenvalue weighted by Gasteiger charge is 2.08. The van der Waals surface area contributed by atoms with Crippen molar-refractivity contribution in [2.45, 2.75) is 6.42 Å². The molecule has 0 spiro atoms. The summed E-state index contributed by atoms with van der Waals surface area (Å²) >= 11 is 0. The van der Waals surface area contributed by atoms with Gasteiger partial charge in [0.05, 0.1) is 5.75 Å². The second kappa shape index (κ2) is 5.13. The van der Waals surface area contributed by atoms with Crippen molar-refractivity contribution < 1.29 is 13.2 Å².